The van der Waals surface area contributed by atoms with Crippen LogP contribution in [0.5, 0.6) is 0 Å². The van der Waals surface area contributed by atoms with Crippen molar-refractivity contribution < 1.29 is 4.21 Å². The average molecular weight is 263 g/mol. The van der Waals surface area contributed by atoms with Crippen LogP contribution in [-0.2, 0) is 10.4 Å². The second-order valence-corrected chi connectivity index (χ2v) is 4.24. The molecule has 0 saturated carbocycles. The largest absolute Gasteiger partial charge is 0.368 e. The van der Waals surface area contributed by atoms with Gasteiger partial charge in [-0.15, -0.1) is 4.61 Å². The van der Waals surface area contributed by atoms with Crippen LogP contribution in [0.1, 0.15) is 0 Å². The molecule has 18 heavy (non-hydrogen) atoms. The van der Waals surface area contributed by atoms with Crippen molar-refractivity contribution in [2.45, 2.75) is 4.90 Å². The smallest absolute Gasteiger partial charge is 0.233 e. The summed E-state index contributed by atoms with van der Waals surface area (Å²) in [5, 5.41) is 2.85. The number of benzene rings is 1. The number of nitrogens with zero attached hydrogens (tertiary/aromatic N) is 4. The van der Waals surface area contributed by atoms with Crippen molar-refractivity contribution in [3.63, 3.8) is 0 Å². The summed E-state index contributed by atoms with van der Waals surface area (Å²) in [6.07, 6.45) is 0. The van der Waals surface area contributed by atoms with Gasteiger partial charge in [-0.1, -0.05) is 0 Å². The lowest BCUT2D eigenvalue weighted by atomic mass is 10.3. The molecule has 0 unspecified atom stereocenters. The molecule has 0 radical (unpaired) electrons. The number of hydrogen-bond acceptors (Lipinski definition) is 8. The number of aromatic nitrogens is 3. The molecule has 0 fully saturated rings. The number of anilines is 4. The molecule has 0 atom stereocenters. The zero-order valence-electron chi connectivity index (χ0n) is 9.07. The molecule has 0 aliphatic heterocycles. The molecule has 0 aliphatic rings. The van der Waals surface area contributed by atoms with E-state index in [9.17, 15) is 4.21 Å². The third-order valence-electron chi connectivity index (χ3n) is 1.98. The van der Waals surface area contributed by atoms with Crippen LogP contribution in [0, 0.1) is 4.61 Å². The van der Waals surface area contributed by atoms with E-state index in [1.165, 1.54) is 12.1 Å². The van der Waals surface area contributed by atoms with Crippen LogP contribution in [0.3, 0.4) is 0 Å². The molecule has 2 rings (SSSR count). The Balaban J connectivity index is 2.24. The zero-order chi connectivity index (χ0) is 13.1. The normalized spacial score (nSPS) is 9.94. The van der Waals surface area contributed by atoms with Gasteiger partial charge in [0.15, 0.2) is 10.4 Å². The van der Waals surface area contributed by atoms with E-state index >= 15 is 0 Å². The van der Waals surface area contributed by atoms with Gasteiger partial charge >= 0.3 is 0 Å². The van der Waals surface area contributed by atoms with Crippen LogP contribution >= 0.6 is 0 Å². The second-order valence-electron chi connectivity index (χ2n) is 3.27. The molecule has 0 saturated heterocycles. The highest BCUT2D eigenvalue weighted by atomic mass is 32.2. The van der Waals surface area contributed by atoms with Gasteiger partial charge in [-0.3, -0.25) is 0 Å². The van der Waals surface area contributed by atoms with E-state index in [0.29, 0.717) is 10.6 Å². The Hall–Kier alpha value is -2.64. The Morgan fingerprint density at radius 3 is 2.11 bits per heavy atom. The highest BCUT2D eigenvalue weighted by molar-refractivity contribution is 7.71. The SMILES string of the molecule is N#S(=O)c1ccc(Nc2nc(N)nc(N)n2)cc1. The van der Waals surface area contributed by atoms with E-state index in [1.54, 1.807) is 12.1 Å². The third kappa shape index (κ3) is 2.73. The first-order valence-corrected chi connectivity index (χ1v) is 5.90. The Kier molecular flexibility index (Phi) is 3.09. The fraction of sp³-hybridized carbons (Fsp3) is 0. The van der Waals surface area contributed by atoms with Crippen LogP contribution in [-0.4, -0.2) is 19.2 Å². The second kappa shape index (κ2) is 4.70. The fourth-order valence-electron chi connectivity index (χ4n) is 1.25. The number of nitrogens with one attached hydrogen (secondary N) is 1. The van der Waals surface area contributed by atoms with Crippen molar-refractivity contribution in [2.24, 2.45) is 0 Å². The lowest BCUT2D eigenvalue weighted by molar-refractivity contribution is 0.689. The average Bonchev–Trinajstić information content (AvgIpc) is 2.28. The summed E-state index contributed by atoms with van der Waals surface area (Å²) in [4.78, 5) is 11.6. The van der Waals surface area contributed by atoms with E-state index in [4.69, 9.17) is 16.1 Å². The van der Waals surface area contributed by atoms with Gasteiger partial charge < -0.3 is 16.8 Å². The van der Waals surface area contributed by atoms with Crippen molar-refractivity contribution >= 4 is 34.0 Å². The maximum Gasteiger partial charge on any atom is 0.233 e. The first kappa shape index (κ1) is 11.8. The summed E-state index contributed by atoms with van der Waals surface area (Å²) in [6, 6.07) is 6.23. The summed E-state index contributed by atoms with van der Waals surface area (Å²) < 4.78 is 19.6. The van der Waals surface area contributed by atoms with Gasteiger partial charge in [0.2, 0.25) is 17.8 Å². The molecule has 0 spiro atoms. The van der Waals surface area contributed by atoms with Gasteiger partial charge in [0.1, 0.15) is 0 Å². The number of hydrogen-bond donors (Lipinski definition) is 3. The highest BCUT2D eigenvalue weighted by Crippen LogP contribution is 2.15. The summed E-state index contributed by atoms with van der Waals surface area (Å²) >= 11 is 0. The molecule has 1 heterocycles. The van der Waals surface area contributed by atoms with Gasteiger partial charge in [0.05, 0.1) is 4.90 Å². The molecule has 0 amide bonds. The maximum absolute atomic E-state index is 10.8. The predicted octanol–water partition coefficient (Wildman–Crippen LogP) is 0.367. The van der Waals surface area contributed by atoms with Gasteiger partial charge in [-0.2, -0.15) is 19.2 Å². The van der Waals surface area contributed by atoms with E-state index in [0.717, 1.165) is 0 Å². The van der Waals surface area contributed by atoms with E-state index in [2.05, 4.69) is 20.3 Å². The molecule has 8 nitrogen and oxygen atoms in total. The van der Waals surface area contributed by atoms with Crippen molar-refractivity contribution in [1.29, 1.82) is 4.61 Å². The quantitative estimate of drug-likeness (QED) is 0.704. The topological polar surface area (TPSA) is 144 Å². The van der Waals surface area contributed by atoms with Crippen LogP contribution in [0.2, 0.25) is 0 Å². The van der Waals surface area contributed by atoms with E-state index < -0.39 is 10.4 Å². The Labute approximate surface area is 104 Å². The molecule has 1 aromatic carbocycles. The lowest BCUT2D eigenvalue weighted by Crippen LogP contribution is -2.06. The van der Waals surface area contributed by atoms with Crippen molar-refractivity contribution in [3.05, 3.63) is 24.3 Å². The zero-order valence-corrected chi connectivity index (χ0v) is 9.89. The number of nitrogen functional groups attached to an aromatic ring is 2. The molecule has 0 aliphatic carbocycles. The van der Waals surface area contributed by atoms with E-state index in [1.807, 2.05) is 0 Å². The van der Waals surface area contributed by atoms with Crippen molar-refractivity contribution in [3.8, 4) is 0 Å². The molecule has 5 N–H and O–H groups in total. The molecule has 9 heteroatoms. The minimum Gasteiger partial charge on any atom is -0.368 e. The molecular weight excluding hydrogens is 254 g/mol. The molecule has 2 aromatic rings. The summed E-state index contributed by atoms with van der Waals surface area (Å²) in [7, 11) is -2.00. The van der Waals surface area contributed by atoms with Crippen LogP contribution in [0.15, 0.2) is 29.2 Å². The Bertz CT molecular complexity index is 674. The van der Waals surface area contributed by atoms with Gasteiger partial charge in [-0.25, -0.2) is 0 Å². The van der Waals surface area contributed by atoms with E-state index in [-0.39, 0.29) is 17.8 Å². The third-order valence-corrected chi connectivity index (χ3v) is 2.66. The molecule has 1 aromatic heterocycles. The fourth-order valence-corrected chi connectivity index (χ4v) is 1.62. The van der Waals surface area contributed by atoms with Gasteiger partial charge in [0, 0.05) is 5.69 Å². The first-order valence-electron chi connectivity index (χ1n) is 4.79. The van der Waals surface area contributed by atoms with Crippen LogP contribution < -0.4 is 16.8 Å². The Morgan fingerprint density at radius 1 is 1.06 bits per heavy atom. The summed E-state index contributed by atoms with van der Waals surface area (Å²) in [6.45, 7) is 0. The monoisotopic (exact) mass is 263 g/mol. The molecular formula is C9H9N7OS. The highest BCUT2D eigenvalue weighted by Gasteiger charge is 2.02. The standard InChI is InChI=1S/C9H9N7OS/c10-7-14-8(11)16-9(15-7)13-5-1-3-6(4-2-5)18(12)17/h1-4H,(H5,10,11,13,14,15,16). The first-order chi connectivity index (χ1) is 8.54. The summed E-state index contributed by atoms with van der Waals surface area (Å²) in [5.41, 5.74) is 11.5. The minimum absolute atomic E-state index is 0.0121. The van der Waals surface area contributed by atoms with Gasteiger partial charge in [-0.05, 0) is 24.3 Å². The summed E-state index contributed by atoms with van der Waals surface area (Å²) in [5.74, 6) is 0.231. The number of rotatable bonds is 2. The minimum atomic E-state index is -2.00. The Morgan fingerprint density at radius 2 is 1.61 bits per heavy atom. The van der Waals surface area contributed by atoms with Gasteiger partial charge in [0.25, 0.3) is 0 Å². The number of nitrogens with two attached hydrogens (primary N) is 2. The van der Waals surface area contributed by atoms with Crippen molar-refractivity contribution in [1.82, 2.24) is 15.0 Å². The molecule has 92 valence electrons. The maximum atomic E-state index is 10.8. The predicted molar refractivity (Wildman–Crippen MR) is 66.5 cm³/mol. The molecule has 0 bridgehead atoms. The van der Waals surface area contributed by atoms with Crippen molar-refractivity contribution in [2.75, 3.05) is 16.8 Å². The lowest BCUT2D eigenvalue weighted by Gasteiger charge is -2.05. The van der Waals surface area contributed by atoms with Crippen LogP contribution in [0.25, 0.3) is 0 Å². The van der Waals surface area contributed by atoms with Crippen LogP contribution in [0.4, 0.5) is 23.5 Å².